The van der Waals surface area contributed by atoms with Gasteiger partial charge in [0.05, 0.1) is 14.2 Å². The first-order valence-corrected chi connectivity index (χ1v) is 8.20. The van der Waals surface area contributed by atoms with E-state index in [1.165, 1.54) is 10.9 Å². The molecule has 0 atom stereocenters. The van der Waals surface area contributed by atoms with Crippen LogP contribution in [0.25, 0.3) is 10.9 Å². The molecule has 0 aliphatic rings. The van der Waals surface area contributed by atoms with Crippen molar-refractivity contribution in [3.8, 4) is 11.5 Å². The van der Waals surface area contributed by atoms with Crippen molar-refractivity contribution in [3.05, 3.63) is 59.3 Å². The fourth-order valence-corrected chi connectivity index (χ4v) is 3.00. The van der Waals surface area contributed by atoms with Crippen molar-refractivity contribution in [2.75, 3.05) is 20.8 Å². The first-order valence-electron chi connectivity index (χ1n) is 8.20. The maximum atomic E-state index is 12.4. The first kappa shape index (κ1) is 16.9. The van der Waals surface area contributed by atoms with Crippen molar-refractivity contribution >= 4 is 16.8 Å². The molecule has 0 unspecified atom stereocenters. The van der Waals surface area contributed by atoms with Crippen LogP contribution in [-0.4, -0.2) is 31.7 Å². The highest BCUT2D eigenvalue weighted by Crippen LogP contribution is 2.23. The van der Waals surface area contributed by atoms with E-state index in [1.54, 1.807) is 32.4 Å². The van der Waals surface area contributed by atoms with Gasteiger partial charge in [0.1, 0.15) is 11.5 Å². The quantitative estimate of drug-likeness (QED) is 0.723. The first-order chi connectivity index (χ1) is 12.1. The second kappa shape index (κ2) is 7.30. The lowest BCUT2D eigenvalue weighted by molar-refractivity contribution is 0.0953. The normalized spacial score (nSPS) is 10.7. The lowest BCUT2D eigenvalue weighted by atomic mass is 10.1. The Hall–Kier alpha value is -2.95. The SMILES string of the molecule is COc1cc(OC)cc(C(=O)NCCc2c(C)[nH]c3ccccc23)c1. The molecule has 1 aromatic heterocycles. The molecule has 0 aliphatic heterocycles. The summed E-state index contributed by atoms with van der Waals surface area (Å²) in [6.45, 7) is 2.62. The van der Waals surface area contributed by atoms with E-state index in [1.807, 2.05) is 12.1 Å². The fourth-order valence-electron chi connectivity index (χ4n) is 3.00. The predicted octanol–water partition coefficient (Wildman–Crippen LogP) is 3.47. The number of hydrogen-bond donors (Lipinski definition) is 2. The molecular formula is C20H22N2O3. The molecule has 0 spiro atoms. The lowest BCUT2D eigenvalue weighted by Crippen LogP contribution is -2.25. The van der Waals surface area contributed by atoms with Crippen molar-refractivity contribution in [1.82, 2.24) is 10.3 Å². The van der Waals surface area contributed by atoms with Gasteiger partial charge in [0.25, 0.3) is 5.91 Å². The van der Waals surface area contributed by atoms with E-state index in [0.717, 1.165) is 17.6 Å². The Balaban J connectivity index is 1.69. The van der Waals surface area contributed by atoms with Gasteiger partial charge < -0.3 is 19.8 Å². The average molecular weight is 338 g/mol. The number of aryl methyl sites for hydroxylation is 1. The summed E-state index contributed by atoms with van der Waals surface area (Å²) in [5.74, 6) is 1.05. The maximum absolute atomic E-state index is 12.4. The third kappa shape index (κ3) is 3.60. The standard InChI is InChI=1S/C20H22N2O3/c1-13-17(18-6-4-5-7-19(18)22-13)8-9-21-20(23)14-10-15(24-2)12-16(11-14)25-3/h4-7,10-12,22H,8-9H2,1-3H3,(H,21,23). The number of aromatic nitrogens is 1. The van der Waals surface area contributed by atoms with Crippen LogP contribution < -0.4 is 14.8 Å². The summed E-state index contributed by atoms with van der Waals surface area (Å²) in [6.07, 6.45) is 0.767. The van der Waals surface area contributed by atoms with Crippen LogP contribution in [0.2, 0.25) is 0 Å². The number of ether oxygens (including phenoxy) is 2. The molecule has 2 aromatic carbocycles. The minimum Gasteiger partial charge on any atom is -0.497 e. The van der Waals surface area contributed by atoms with Crippen molar-refractivity contribution in [1.29, 1.82) is 0 Å². The number of rotatable bonds is 6. The van der Waals surface area contributed by atoms with Gasteiger partial charge in [-0.1, -0.05) is 18.2 Å². The van der Waals surface area contributed by atoms with E-state index in [2.05, 4.69) is 29.4 Å². The monoisotopic (exact) mass is 338 g/mol. The van der Waals surface area contributed by atoms with Crippen LogP contribution in [0, 0.1) is 6.92 Å². The van der Waals surface area contributed by atoms with E-state index >= 15 is 0 Å². The molecular weight excluding hydrogens is 316 g/mol. The third-order valence-corrected chi connectivity index (χ3v) is 4.30. The number of nitrogens with one attached hydrogen (secondary N) is 2. The lowest BCUT2D eigenvalue weighted by Gasteiger charge is -2.09. The van der Waals surface area contributed by atoms with Crippen LogP contribution in [-0.2, 0) is 6.42 Å². The molecule has 25 heavy (non-hydrogen) atoms. The van der Waals surface area contributed by atoms with Gasteiger partial charge in [-0.05, 0) is 37.1 Å². The average Bonchev–Trinajstić information content (AvgIpc) is 2.96. The van der Waals surface area contributed by atoms with Gasteiger partial charge >= 0.3 is 0 Å². The number of benzene rings is 2. The molecule has 0 radical (unpaired) electrons. The van der Waals surface area contributed by atoms with Crippen molar-refractivity contribution in [2.24, 2.45) is 0 Å². The van der Waals surface area contributed by atoms with Gasteiger partial charge in [0, 0.05) is 34.8 Å². The summed E-state index contributed by atoms with van der Waals surface area (Å²) in [7, 11) is 3.13. The van der Waals surface area contributed by atoms with Gasteiger partial charge in [0.2, 0.25) is 0 Å². The Kier molecular flexibility index (Phi) is 4.93. The fraction of sp³-hybridized carbons (Fsp3) is 0.250. The molecule has 5 nitrogen and oxygen atoms in total. The minimum absolute atomic E-state index is 0.144. The van der Waals surface area contributed by atoms with Gasteiger partial charge in [0.15, 0.2) is 0 Å². The second-order valence-corrected chi connectivity index (χ2v) is 5.88. The molecule has 0 saturated carbocycles. The Morgan fingerprint density at radius 3 is 2.44 bits per heavy atom. The summed E-state index contributed by atoms with van der Waals surface area (Å²) >= 11 is 0. The zero-order valence-electron chi connectivity index (χ0n) is 14.7. The van der Waals surface area contributed by atoms with Crippen LogP contribution in [0.4, 0.5) is 0 Å². The Morgan fingerprint density at radius 2 is 1.76 bits per heavy atom. The van der Waals surface area contributed by atoms with E-state index in [4.69, 9.17) is 9.47 Å². The number of methoxy groups -OCH3 is 2. The summed E-state index contributed by atoms with van der Waals surface area (Å²) in [4.78, 5) is 15.8. The van der Waals surface area contributed by atoms with Crippen LogP contribution >= 0.6 is 0 Å². The summed E-state index contributed by atoms with van der Waals surface area (Å²) in [5.41, 5.74) is 4.02. The molecule has 3 aromatic rings. The number of fused-ring (bicyclic) bond motifs is 1. The summed E-state index contributed by atoms with van der Waals surface area (Å²) in [5, 5.41) is 4.17. The number of para-hydroxylation sites is 1. The van der Waals surface area contributed by atoms with Crippen molar-refractivity contribution in [3.63, 3.8) is 0 Å². The Bertz CT molecular complexity index is 877. The predicted molar refractivity (Wildman–Crippen MR) is 98.6 cm³/mol. The summed E-state index contributed by atoms with van der Waals surface area (Å²) in [6, 6.07) is 13.4. The van der Waals surface area contributed by atoms with Crippen molar-refractivity contribution in [2.45, 2.75) is 13.3 Å². The number of hydrogen-bond acceptors (Lipinski definition) is 3. The summed E-state index contributed by atoms with van der Waals surface area (Å²) < 4.78 is 10.4. The minimum atomic E-state index is -0.144. The molecule has 3 rings (SSSR count). The molecule has 5 heteroatoms. The molecule has 0 aliphatic carbocycles. The third-order valence-electron chi connectivity index (χ3n) is 4.30. The van der Waals surface area contributed by atoms with E-state index in [0.29, 0.717) is 23.6 Å². The molecule has 1 amide bonds. The zero-order valence-corrected chi connectivity index (χ0v) is 14.7. The highest BCUT2D eigenvalue weighted by molar-refractivity contribution is 5.95. The smallest absolute Gasteiger partial charge is 0.251 e. The highest BCUT2D eigenvalue weighted by atomic mass is 16.5. The molecule has 2 N–H and O–H groups in total. The molecule has 0 fully saturated rings. The van der Waals surface area contributed by atoms with Gasteiger partial charge in [-0.25, -0.2) is 0 Å². The van der Waals surface area contributed by atoms with Crippen LogP contribution in [0.15, 0.2) is 42.5 Å². The van der Waals surface area contributed by atoms with Crippen LogP contribution in [0.1, 0.15) is 21.6 Å². The topological polar surface area (TPSA) is 63.4 Å². The Morgan fingerprint density at radius 1 is 1.08 bits per heavy atom. The highest BCUT2D eigenvalue weighted by Gasteiger charge is 2.11. The molecule has 1 heterocycles. The number of amides is 1. The number of carbonyl (C=O) groups is 1. The largest absolute Gasteiger partial charge is 0.497 e. The second-order valence-electron chi connectivity index (χ2n) is 5.88. The van der Waals surface area contributed by atoms with Gasteiger partial charge in [-0.2, -0.15) is 0 Å². The number of carbonyl (C=O) groups excluding carboxylic acids is 1. The zero-order chi connectivity index (χ0) is 17.8. The van der Waals surface area contributed by atoms with Crippen LogP contribution in [0.5, 0.6) is 11.5 Å². The van der Waals surface area contributed by atoms with E-state index in [-0.39, 0.29) is 5.91 Å². The van der Waals surface area contributed by atoms with Crippen LogP contribution in [0.3, 0.4) is 0 Å². The maximum Gasteiger partial charge on any atom is 0.251 e. The number of H-pyrrole nitrogens is 1. The van der Waals surface area contributed by atoms with Gasteiger partial charge in [-0.3, -0.25) is 4.79 Å². The van der Waals surface area contributed by atoms with E-state index in [9.17, 15) is 4.79 Å². The van der Waals surface area contributed by atoms with Gasteiger partial charge in [-0.15, -0.1) is 0 Å². The molecule has 0 bridgehead atoms. The molecule has 130 valence electrons. The van der Waals surface area contributed by atoms with Crippen molar-refractivity contribution < 1.29 is 14.3 Å². The Labute approximate surface area is 147 Å². The number of aromatic amines is 1. The van der Waals surface area contributed by atoms with E-state index < -0.39 is 0 Å². The molecule has 0 saturated heterocycles.